The molecule has 2 aromatic rings. The summed E-state index contributed by atoms with van der Waals surface area (Å²) in [6.45, 7) is 7.27. The molecule has 5 nitrogen and oxygen atoms in total. The maximum Gasteiger partial charge on any atom is 0.270 e. The lowest BCUT2D eigenvalue weighted by Crippen LogP contribution is -2.32. The number of carbonyl (C=O) groups is 1. The van der Waals surface area contributed by atoms with Crippen molar-refractivity contribution in [3.8, 4) is 0 Å². The predicted molar refractivity (Wildman–Crippen MR) is 83.9 cm³/mol. The van der Waals surface area contributed by atoms with Gasteiger partial charge in [-0.15, -0.1) is 0 Å². The lowest BCUT2D eigenvalue weighted by Gasteiger charge is -2.22. The zero-order valence-electron chi connectivity index (χ0n) is 12.8. The van der Waals surface area contributed by atoms with Crippen molar-refractivity contribution in [2.75, 3.05) is 12.3 Å². The highest BCUT2D eigenvalue weighted by atomic mass is 16.2. The van der Waals surface area contributed by atoms with Gasteiger partial charge in [0.2, 0.25) is 0 Å². The Morgan fingerprint density at radius 1 is 1.38 bits per heavy atom. The molecule has 0 saturated heterocycles. The molecule has 2 N–H and O–H groups in total. The first-order valence-electron chi connectivity index (χ1n) is 7.18. The third kappa shape index (κ3) is 3.42. The molecular formula is C16H22N4O. The van der Waals surface area contributed by atoms with Gasteiger partial charge in [-0.1, -0.05) is 0 Å². The van der Waals surface area contributed by atoms with Gasteiger partial charge < -0.3 is 15.2 Å². The fourth-order valence-electron chi connectivity index (χ4n) is 2.30. The Labute approximate surface area is 125 Å². The van der Waals surface area contributed by atoms with Crippen molar-refractivity contribution >= 4 is 11.6 Å². The van der Waals surface area contributed by atoms with Gasteiger partial charge in [-0.25, -0.2) is 0 Å². The van der Waals surface area contributed by atoms with Crippen molar-refractivity contribution in [3.05, 3.63) is 48.0 Å². The van der Waals surface area contributed by atoms with Crippen LogP contribution in [0.2, 0.25) is 0 Å². The molecule has 2 aromatic heterocycles. The summed E-state index contributed by atoms with van der Waals surface area (Å²) in [4.78, 5) is 18.6. The van der Waals surface area contributed by atoms with Crippen molar-refractivity contribution in [3.63, 3.8) is 0 Å². The molecule has 0 aromatic carbocycles. The quantitative estimate of drug-likeness (QED) is 0.919. The summed E-state index contributed by atoms with van der Waals surface area (Å²) >= 11 is 0. The molecule has 0 aliphatic heterocycles. The number of nitrogens with zero attached hydrogens (tertiary/aromatic N) is 3. The normalized spacial score (nSPS) is 10.9. The summed E-state index contributed by atoms with van der Waals surface area (Å²) in [6.07, 6.45) is 5.29. The summed E-state index contributed by atoms with van der Waals surface area (Å²) in [7, 11) is 0. The molecule has 0 fully saturated rings. The van der Waals surface area contributed by atoms with E-state index in [2.05, 4.69) is 4.98 Å². The Bertz CT molecular complexity index is 604. The number of hydrogen-bond acceptors (Lipinski definition) is 3. The van der Waals surface area contributed by atoms with Crippen LogP contribution in [0.5, 0.6) is 0 Å². The lowest BCUT2D eigenvalue weighted by atomic mass is 10.2. The molecule has 2 rings (SSSR count). The van der Waals surface area contributed by atoms with Gasteiger partial charge in [0.05, 0.1) is 5.69 Å². The van der Waals surface area contributed by atoms with Gasteiger partial charge in [0.15, 0.2) is 0 Å². The SMILES string of the molecule is CCN(Cc1ccncc1)C(=O)c1cc(N)cn1C(C)C. The molecule has 0 atom stereocenters. The second-order valence-electron chi connectivity index (χ2n) is 5.33. The molecule has 0 saturated carbocycles. The smallest absolute Gasteiger partial charge is 0.270 e. The van der Waals surface area contributed by atoms with E-state index in [9.17, 15) is 4.79 Å². The molecular weight excluding hydrogens is 264 g/mol. The second-order valence-corrected chi connectivity index (χ2v) is 5.33. The number of aromatic nitrogens is 2. The number of anilines is 1. The van der Waals surface area contributed by atoms with Crippen LogP contribution in [0.1, 0.15) is 42.9 Å². The third-order valence-electron chi connectivity index (χ3n) is 3.44. The molecule has 5 heteroatoms. The van der Waals surface area contributed by atoms with E-state index in [1.54, 1.807) is 18.5 Å². The first kappa shape index (κ1) is 15.1. The monoisotopic (exact) mass is 286 g/mol. The van der Waals surface area contributed by atoms with Gasteiger partial charge in [0.1, 0.15) is 5.69 Å². The minimum atomic E-state index is -0.000266. The van der Waals surface area contributed by atoms with Crippen molar-refractivity contribution < 1.29 is 4.79 Å². The van der Waals surface area contributed by atoms with E-state index in [1.807, 2.05) is 48.6 Å². The van der Waals surface area contributed by atoms with E-state index in [-0.39, 0.29) is 11.9 Å². The average Bonchev–Trinajstić information content (AvgIpc) is 2.87. The first-order valence-corrected chi connectivity index (χ1v) is 7.18. The van der Waals surface area contributed by atoms with E-state index in [4.69, 9.17) is 5.73 Å². The van der Waals surface area contributed by atoms with Crippen LogP contribution in [-0.2, 0) is 6.54 Å². The van der Waals surface area contributed by atoms with Gasteiger partial charge in [-0.3, -0.25) is 9.78 Å². The molecule has 21 heavy (non-hydrogen) atoms. The van der Waals surface area contributed by atoms with Crippen LogP contribution in [0.25, 0.3) is 0 Å². The van der Waals surface area contributed by atoms with Gasteiger partial charge in [0.25, 0.3) is 5.91 Å². The molecule has 0 aliphatic carbocycles. The number of nitrogen functional groups attached to an aromatic ring is 1. The fourth-order valence-corrected chi connectivity index (χ4v) is 2.30. The molecule has 0 spiro atoms. The van der Waals surface area contributed by atoms with Crippen molar-refractivity contribution in [2.45, 2.75) is 33.4 Å². The van der Waals surface area contributed by atoms with Crippen LogP contribution in [-0.4, -0.2) is 26.9 Å². The highest BCUT2D eigenvalue weighted by Crippen LogP contribution is 2.19. The van der Waals surface area contributed by atoms with E-state index < -0.39 is 0 Å². The average molecular weight is 286 g/mol. The molecule has 0 aliphatic rings. The van der Waals surface area contributed by atoms with Crippen LogP contribution in [0.15, 0.2) is 36.8 Å². The minimum Gasteiger partial charge on any atom is -0.397 e. The van der Waals surface area contributed by atoms with E-state index in [0.29, 0.717) is 24.5 Å². The minimum absolute atomic E-state index is 0.000266. The number of amides is 1. The standard InChI is InChI=1S/C16H22N4O/c1-4-19(10-13-5-7-18-8-6-13)16(21)15-9-14(17)11-20(15)12(2)3/h5-9,11-12H,4,10,17H2,1-3H3. The molecule has 112 valence electrons. The first-order chi connectivity index (χ1) is 10.0. The second kappa shape index (κ2) is 6.43. The fraction of sp³-hybridized carbons (Fsp3) is 0.375. The lowest BCUT2D eigenvalue weighted by molar-refractivity contribution is 0.0740. The summed E-state index contributed by atoms with van der Waals surface area (Å²) in [6, 6.07) is 5.79. The van der Waals surface area contributed by atoms with Crippen LogP contribution in [0, 0.1) is 0 Å². The highest BCUT2D eigenvalue weighted by Gasteiger charge is 2.20. The molecule has 1 amide bonds. The van der Waals surface area contributed by atoms with Crippen LogP contribution >= 0.6 is 0 Å². The van der Waals surface area contributed by atoms with Crippen molar-refractivity contribution in [2.24, 2.45) is 0 Å². The van der Waals surface area contributed by atoms with Crippen LogP contribution < -0.4 is 5.73 Å². The summed E-state index contributed by atoms with van der Waals surface area (Å²) in [5.74, 6) is -0.000266. The summed E-state index contributed by atoms with van der Waals surface area (Å²) < 4.78 is 1.92. The predicted octanol–water partition coefficient (Wildman–Crippen LogP) is 2.71. The molecule has 0 unspecified atom stereocenters. The van der Waals surface area contributed by atoms with Gasteiger partial charge in [0, 0.05) is 37.7 Å². The Kier molecular flexibility index (Phi) is 4.62. The maximum absolute atomic E-state index is 12.8. The van der Waals surface area contributed by atoms with Crippen molar-refractivity contribution in [1.29, 1.82) is 0 Å². The van der Waals surface area contributed by atoms with Crippen LogP contribution in [0.3, 0.4) is 0 Å². The molecule has 0 radical (unpaired) electrons. The van der Waals surface area contributed by atoms with Crippen LogP contribution in [0.4, 0.5) is 5.69 Å². The summed E-state index contributed by atoms with van der Waals surface area (Å²) in [5, 5.41) is 0. The Morgan fingerprint density at radius 3 is 2.62 bits per heavy atom. The Balaban J connectivity index is 2.24. The van der Waals surface area contributed by atoms with Crippen molar-refractivity contribution in [1.82, 2.24) is 14.5 Å². The van der Waals surface area contributed by atoms with E-state index >= 15 is 0 Å². The number of carbonyl (C=O) groups excluding carboxylic acids is 1. The third-order valence-corrected chi connectivity index (χ3v) is 3.44. The number of hydrogen-bond donors (Lipinski definition) is 1. The van der Waals surface area contributed by atoms with E-state index in [0.717, 1.165) is 5.56 Å². The molecule has 0 bridgehead atoms. The zero-order chi connectivity index (χ0) is 15.4. The zero-order valence-corrected chi connectivity index (χ0v) is 12.8. The van der Waals surface area contributed by atoms with Gasteiger partial charge >= 0.3 is 0 Å². The summed E-state index contributed by atoms with van der Waals surface area (Å²) in [5.41, 5.74) is 8.17. The van der Waals surface area contributed by atoms with Gasteiger partial charge in [-0.2, -0.15) is 0 Å². The number of nitrogens with two attached hydrogens (primary N) is 1. The largest absolute Gasteiger partial charge is 0.397 e. The molecule has 2 heterocycles. The van der Waals surface area contributed by atoms with E-state index in [1.165, 1.54) is 0 Å². The number of pyridine rings is 1. The van der Waals surface area contributed by atoms with Gasteiger partial charge in [-0.05, 0) is 44.5 Å². The number of rotatable bonds is 5. The Morgan fingerprint density at radius 2 is 2.05 bits per heavy atom. The maximum atomic E-state index is 12.8. The Hall–Kier alpha value is -2.30. The highest BCUT2D eigenvalue weighted by molar-refractivity contribution is 5.93. The topological polar surface area (TPSA) is 64.2 Å².